The van der Waals surface area contributed by atoms with Gasteiger partial charge >= 0.3 is 0 Å². The van der Waals surface area contributed by atoms with E-state index >= 15 is 0 Å². The molecule has 0 N–H and O–H groups in total. The van der Waals surface area contributed by atoms with Crippen LogP contribution in [0.1, 0.15) is 26.2 Å². The van der Waals surface area contributed by atoms with Gasteiger partial charge in [-0.05, 0) is 26.2 Å². The lowest BCUT2D eigenvalue weighted by atomic mass is 10.0. The van der Waals surface area contributed by atoms with E-state index in [1.165, 1.54) is 0 Å². The number of rotatable bonds is 2. The van der Waals surface area contributed by atoms with E-state index in [4.69, 9.17) is 4.74 Å². The Labute approximate surface area is 99.3 Å². The zero-order valence-electron chi connectivity index (χ0n) is 9.12. The molecule has 1 amide bonds. The van der Waals surface area contributed by atoms with Crippen LogP contribution < -0.4 is 0 Å². The minimum Gasteiger partial charge on any atom is -0.378 e. The van der Waals surface area contributed by atoms with Crippen LogP contribution in [0.4, 0.5) is 0 Å². The first-order valence-electron chi connectivity index (χ1n) is 5.72. The van der Waals surface area contributed by atoms with Crippen LogP contribution in [-0.4, -0.2) is 41.4 Å². The van der Waals surface area contributed by atoms with Gasteiger partial charge in [-0.3, -0.25) is 4.79 Å². The van der Waals surface area contributed by atoms with Crippen LogP contribution in [0.2, 0.25) is 0 Å². The molecule has 2 saturated heterocycles. The maximum Gasteiger partial charge on any atom is 0.228 e. The Morgan fingerprint density at radius 2 is 2.33 bits per heavy atom. The molecule has 2 fully saturated rings. The molecule has 0 aliphatic carbocycles. The lowest BCUT2D eigenvalue weighted by Gasteiger charge is -2.27. The normalized spacial score (nSPS) is 36.1. The predicted molar refractivity (Wildman–Crippen MR) is 62.1 cm³/mol. The molecular formula is C11H18BrNO2. The van der Waals surface area contributed by atoms with E-state index in [0.29, 0.717) is 11.9 Å². The molecule has 0 aromatic carbocycles. The molecule has 0 radical (unpaired) electrons. The minimum atomic E-state index is 0.102. The summed E-state index contributed by atoms with van der Waals surface area (Å²) in [5.41, 5.74) is 0. The van der Waals surface area contributed by atoms with Crippen molar-refractivity contribution in [3.05, 3.63) is 0 Å². The number of alkyl halides is 1. The highest BCUT2D eigenvalue weighted by molar-refractivity contribution is 9.09. The number of likely N-dealkylation sites (tertiary alicyclic amines) is 1. The third-order valence-corrected chi connectivity index (χ3v) is 4.28. The Hall–Kier alpha value is -0.0900. The second-order valence-electron chi connectivity index (χ2n) is 4.45. The molecule has 2 aliphatic rings. The Kier molecular flexibility index (Phi) is 3.67. The molecule has 4 heteroatoms. The number of ether oxygens (including phenoxy) is 1. The summed E-state index contributed by atoms with van der Waals surface area (Å²) in [6.45, 7) is 3.68. The number of carbonyl (C=O) groups is 1. The molecule has 0 bridgehead atoms. The fourth-order valence-electron chi connectivity index (χ4n) is 2.56. The molecule has 2 aliphatic heterocycles. The third kappa shape index (κ3) is 2.21. The topological polar surface area (TPSA) is 29.5 Å². The van der Waals surface area contributed by atoms with Crippen LogP contribution in [0.15, 0.2) is 0 Å². The van der Waals surface area contributed by atoms with Crippen LogP contribution >= 0.6 is 15.9 Å². The lowest BCUT2D eigenvalue weighted by Crippen LogP contribution is -2.42. The van der Waals surface area contributed by atoms with E-state index in [1.54, 1.807) is 0 Å². The van der Waals surface area contributed by atoms with Gasteiger partial charge in [0.1, 0.15) is 0 Å². The standard InChI is InChI=1S/C11H18BrNO2/c1-8-10(4-6-15-8)11(14)13-5-2-3-9(13)7-12/h8-10H,2-7H2,1H3/t8?,9-,10?/m1/s1. The van der Waals surface area contributed by atoms with Crippen LogP contribution in [-0.2, 0) is 9.53 Å². The van der Waals surface area contributed by atoms with Gasteiger partial charge in [0.15, 0.2) is 0 Å². The first-order chi connectivity index (χ1) is 7.24. The highest BCUT2D eigenvalue weighted by atomic mass is 79.9. The second-order valence-corrected chi connectivity index (χ2v) is 5.10. The van der Waals surface area contributed by atoms with Gasteiger partial charge < -0.3 is 9.64 Å². The zero-order chi connectivity index (χ0) is 10.8. The summed E-state index contributed by atoms with van der Waals surface area (Å²) in [4.78, 5) is 14.3. The highest BCUT2D eigenvalue weighted by Crippen LogP contribution is 2.27. The van der Waals surface area contributed by atoms with Gasteiger partial charge in [0, 0.05) is 24.5 Å². The molecule has 3 atom stereocenters. The lowest BCUT2D eigenvalue weighted by molar-refractivity contribution is -0.137. The van der Waals surface area contributed by atoms with Gasteiger partial charge in [0.05, 0.1) is 12.0 Å². The minimum absolute atomic E-state index is 0.102. The van der Waals surface area contributed by atoms with E-state index in [2.05, 4.69) is 15.9 Å². The Balaban J connectivity index is 2.00. The van der Waals surface area contributed by atoms with Crippen molar-refractivity contribution in [2.75, 3.05) is 18.5 Å². The first-order valence-corrected chi connectivity index (χ1v) is 6.84. The number of carbonyl (C=O) groups excluding carboxylic acids is 1. The molecule has 0 saturated carbocycles. The van der Waals surface area contributed by atoms with Crippen molar-refractivity contribution in [2.24, 2.45) is 5.92 Å². The van der Waals surface area contributed by atoms with Crippen LogP contribution in [0.3, 0.4) is 0 Å². The maximum atomic E-state index is 12.3. The van der Waals surface area contributed by atoms with Gasteiger partial charge in [-0.2, -0.15) is 0 Å². The molecule has 86 valence electrons. The Morgan fingerprint density at radius 1 is 1.53 bits per heavy atom. The van der Waals surface area contributed by atoms with Crippen molar-refractivity contribution in [3.8, 4) is 0 Å². The molecular weight excluding hydrogens is 258 g/mol. The van der Waals surface area contributed by atoms with Gasteiger partial charge in [-0.1, -0.05) is 15.9 Å². The van der Waals surface area contributed by atoms with Gasteiger partial charge in [0.25, 0.3) is 0 Å². The first kappa shape index (κ1) is 11.4. The Morgan fingerprint density at radius 3 is 2.93 bits per heavy atom. The molecule has 3 nitrogen and oxygen atoms in total. The van der Waals surface area contributed by atoms with Crippen LogP contribution in [0.25, 0.3) is 0 Å². The number of nitrogens with zero attached hydrogens (tertiary/aromatic N) is 1. The summed E-state index contributed by atoms with van der Waals surface area (Å²) in [5, 5.41) is 0.903. The second kappa shape index (κ2) is 4.83. The van der Waals surface area contributed by atoms with Gasteiger partial charge in [-0.25, -0.2) is 0 Å². The van der Waals surface area contributed by atoms with Gasteiger partial charge in [-0.15, -0.1) is 0 Å². The number of hydrogen-bond donors (Lipinski definition) is 0. The average Bonchev–Trinajstić information content (AvgIpc) is 2.84. The monoisotopic (exact) mass is 275 g/mol. The van der Waals surface area contributed by atoms with Crippen LogP contribution in [0, 0.1) is 5.92 Å². The summed E-state index contributed by atoms with van der Waals surface area (Å²) in [7, 11) is 0. The molecule has 0 aromatic heterocycles. The van der Waals surface area contributed by atoms with Crippen molar-refractivity contribution in [2.45, 2.75) is 38.3 Å². The van der Waals surface area contributed by atoms with E-state index in [0.717, 1.165) is 37.7 Å². The summed E-state index contributed by atoms with van der Waals surface area (Å²) in [5.74, 6) is 0.409. The SMILES string of the molecule is CC1OCCC1C(=O)N1CCC[C@@H]1CBr. The van der Waals surface area contributed by atoms with E-state index < -0.39 is 0 Å². The van der Waals surface area contributed by atoms with Crippen molar-refractivity contribution in [3.63, 3.8) is 0 Å². The number of amides is 1. The fraction of sp³-hybridized carbons (Fsp3) is 0.909. The van der Waals surface area contributed by atoms with Crippen LogP contribution in [0.5, 0.6) is 0 Å². The fourth-order valence-corrected chi connectivity index (χ4v) is 3.23. The predicted octanol–water partition coefficient (Wildman–Crippen LogP) is 1.80. The summed E-state index contributed by atoms with van der Waals surface area (Å²) in [6, 6.07) is 0.408. The van der Waals surface area contributed by atoms with Crippen molar-refractivity contribution in [1.82, 2.24) is 4.90 Å². The smallest absolute Gasteiger partial charge is 0.228 e. The quantitative estimate of drug-likeness (QED) is 0.720. The molecule has 2 rings (SSSR count). The molecule has 0 spiro atoms. The molecule has 2 unspecified atom stereocenters. The molecule has 2 heterocycles. The third-order valence-electron chi connectivity index (χ3n) is 3.53. The summed E-state index contributed by atoms with van der Waals surface area (Å²) >= 11 is 3.48. The average molecular weight is 276 g/mol. The van der Waals surface area contributed by atoms with E-state index in [-0.39, 0.29) is 12.0 Å². The van der Waals surface area contributed by atoms with Crippen molar-refractivity contribution >= 4 is 21.8 Å². The largest absolute Gasteiger partial charge is 0.378 e. The Bertz CT molecular complexity index is 247. The summed E-state index contributed by atoms with van der Waals surface area (Å²) < 4.78 is 5.46. The van der Waals surface area contributed by atoms with Crippen molar-refractivity contribution in [1.29, 1.82) is 0 Å². The maximum absolute atomic E-state index is 12.3. The van der Waals surface area contributed by atoms with E-state index in [1.807, 2.05) is 11.8 Å². The molecule has 0 aromatic rings. The number of hydrogen-bond acceptors (Lipinski definition) is 2. The van der Waals surface area contributed by atoms with Gasteiger partial charge in [0.2, 0.25) is 5.91 Å². The number of halogens is 1. The molecule has 15 heavy (non-hydrogen) atoms. The van der Waals surface area contributed by atoms with E-state index in [9.17, 15) is 4.79 Å². The van der Waals surface area contributed by atoms with Crippen molar-refractivity contribution < 1.29 is 9.53 Å². The zero-order valence-corrected chi connectivity index (χ0v) is 10.7. The summed E-state index contributed by atoms with van der Waals surface area (Å²) in [6.07, 6.45) is 3.28. The highest BCUT2D eigenvalue weighted by Gasteiger charge is 2.37.